The zero-order valence-corrected chi connectivity index (χ0v) is 14.4. The summed E-state index contributed by atoms with van der Waals surface area (Å²) in [5.41, 5.74) is 3.01. The smallest absolute Gasteiger partial charge is 0.232 e. The SMILES string of the molecule is CCC(NCc1ccc(NS(=O)(=O)CC)cc1)c1ccccc1. The van der Waals surface area contributed by atoms with Crippen LogP contribution in [0.15, 0.2) is 54.6 Å². The fourth-order valence-corrected chi connectivity index (χ4v) is 3.01. The number of rotatable bonds is 8. The molecule has 2 N–H and O–H groups in total. The molecule has 0 bridgehead atoms. The first-order chi connectivity index (χ1) is 11.0. The fourth-order valence-electron chi connectivity index (χ4n) is 2.37. The van der Waals surface area contributed by atoms with Crippen LogP contribution in [0.1, 0.15) is 37.4 Å². The van der Waals surface area contributed by atoms with Crippen molar-refractivity contribution in [3.63, 3.8) is 0 Å². The van der Waals surface area contributed by atoms with Crippen molar-refractivity contribution in [2.75, 3.05) is 10.5 Å². The van der Waals surface area contributed by atoms with Crippen molar-refractivity contribution < 1.29 is 8.42 Å². The van der Waals surface area contributed by atoms with Gasteiger partial charge in [-0.2, -0.15) is 0 Å². The van der Waals surface area contributed by atoms with Gasteiger partial charge >= 0.3 is 0 Å². The predicted molar refractivity (Wildman–Crippen MR) is 95.8 cm³/mol. The van der Waals surface area contributed by atoms with Crippen LogP contribution in [0, 0.1) is 0 Å². The summed E-state index contributed by atoms with van der Waals surface area (Å²) in [4.78, 5) is 0. The van der Waals surface area contributed by atoms with Gasteiger partial charge < -0.3 is 5.32 Å². The Morgan fingerprint density at radius 2 is 1.61 bits per heavy atom. The highest BCUT2D eigenvalue weighted by Gasteiger charge is 2.09. The number of sulfonamides is 1. The molecule has 0 saturated heterocycles. The van der Waals surface area contributed by atoms with E-state index in [0.717, 1.165) is 18.5 Å². The normalized spacial score (nSPS) is 12.8. The summed E-state index contributed by atoms with van der Waals surface area (Å²) in [5, 5.41) is 3.54. The number of benzene rings is 2. The minimum Gasteiger partial charge on any atom is -0.306 e. The molecule has 0 spiro atoms. The van der Waals surface area contributed by atoms with E-state index < -0.39 is 10.0 Å². The highest BCUT2D eigenvalue weighted by atomic mass is 32.2. The Bertz CT molecular complexity index is 698. The molecular weight excluding hydrogens is 308 g/mol. The molecular formula is C18H24N2O2S. The second kappa shape index (κ2) is 8.13. The van der Waals surface area contributed by atoms with Crippen molar-refractivity contribution in [3.05, 3.63) is 65.7 Å². The minimum atomic E-state index is -3.22. The van der Waals surface area contributed by atoms with Crippen molar-refractivity contribution in [1.29, 1.82) is 0 Å². The first kappa shape index (κ1) is 17.5. The van der Waals surface area contributed by atoms with Crippen molar-refractivity contribution in [3.8, 4) is 0 Å². The zero-order chi connectivity index (χ0) is 16.7. The summed E-state index contributed by atoms with van der Waals surface area (Å²) in [7, 11) is -3.22. The molecule has 0 fully saturated rings. The van der Waals surface area contributed by atoms with Crippen LogP contribution in [0.4, 0.5) is 5.69 Å². The van der Waals surface area contributed by atoms with Crippen molar-refractivity contribution in [1.82, 2.24) is 5.32 Å². The molecule has 0 saturated carbocycles. The Kier molecular flexibility index (Phi) is 6.19. The third kappa shape index (κ3) is 5.37. The molecule has 2 aromatic carbocycles. The lowest BCUT2D eigenvalue weighted by molar-refractivity contribution is 0.519. The van der Waals surface area contributed by atoms with E-state index >= 15 is 0 Å². The monoisotopic (exact) mass is 332 g/mol. The highest BCUT2D eigenvalue weighted by Crippen LogP contribution is 2.17. The maximum absolute atomic E-state index is 11.5. The lowest BCUT2D eigenvalue weighted by atomic mass is 10.0. The number of nitrogens with one attached hydrogen (secondary N) is 2. The number of hydrogen-bond acceptors (Lipinski definition) is 3. The van der Waals surface area contributed by atoms with E-state index in [0.29, 0.717) is 11.7 Å². The molecule has 0 aliphatic rings. The molecule has 4 nitrogen and oxygen atoms in total. The molecule has 5 heteroatoms. The van der Waals surface area contributed by atoms with E-state index in [4.69, 9.17) is 0 Å². The largest absolute Gasteiger partial charge is 0.306 e. The second-order valence-corrected chi connectivity index (χ2v) is 7.47. The summed E-state index contributed by atoms with van der Waals surface area (Å²) in [6.45, 7) is 4.52. The maximum atomic E-state index is 11.5. The molecule has 2 aromatic rings. The predicted octanol–water partition coefficient (Wildman–Crippen LogP) is 3.69. The van der Waals surface area contributed by atoms with Crippen molar-refractivity contribution >= 4 is 15.7 Å². The van der Waals surface area contributed by atoms with Gasteiger partial charge in [0.05, 0.1) is 5.75 Å². The Hall–Kier alpha value is -1.85. The molecule has 0 aliphatic heterocycles. The summed E-state index contributed by atoms with van der Waals surface area (Å²) < 4.78 is 25.6. The van der Waals surface area contributed by atoms with Crippen LogP contribution in [0.5, 0.6) is 0 Å². The van der Waals surface area contributed by atoms with Crippen LogP contribution in [0.3, 0.4) is 0 Å². The molecule has 23 heavy (non-hydrogen) atoms. The van der Waals surface area contributed by atoms with Gasteiger partial charge in [-0.05, 0) is 36.6 Å². The van der Waals surface area contributed by atoms with Gasteiger partial charge in [0.15, 0.2) is 0 Å². The Morgan fingerprint density at radius 3 is 2.17 bits per heavy atom. The second-order valence-electron chi connectivity index (χ2n) is 5.45. The Balaban J connectivity index is 1.96. The first-order valence-electron chi connectivity index (χ1n) is 7.92. The van der Waals surface area contributed by atoms with Gasteiger partial charge in [-0.15, -0.1) is 0 Å². The molecule has 1 atom stereocenters. The van der Waals surface area contributed by atoms with Gasteiger partial charge in [0.2, 0.25) is 10.0 Å². The standard InChI is InChI=1S/C18H24N2O2S/c1-3-18(16-8-6-5-7-9-16)19-14-15-10-12-17(13-11-15)20-23(21,22)4-2/h5-13,18-20H,3-4,14H2,1-2H3. The Morgan fingerprint density at radius 1 is 0.957 bits per heavy atom. The third-order valence-electron chi connectivity index (χ3n) is 3.77. The van der Waals surface area contributed by atoms with Crippen LogP contribution < -0.4 is 10.0 Å². The average molecular weight is 332 g/mol. The van der Waals surface area contributed by atoms with E-state index in [1.54, 1.807) is 19.1 Å². The average Bonchev–Trinajstić information content (AvgIpc) is 2.57. The lowest BCUT2D eigenvalue weighted by Crippen LogP contribution is -2.20. The lowest BCUT2D eigenvalue weighted by Gasteiger charge is -2.17. The third-order valence-corrected chi connectivity index (χ3v) is 5.08. The van der Waals surface area contributed by atoms with Gasteiger partial charge in [-0.3, -0.25) is 4.72 Å². The number of hydrogen-bond donors (Lipinski definition) is 2. The number of anilines is 1. The molecule has 0 heterocycles. The maximum Gasteiger partial charge on any atom is 0.232 e. The summed E-state index contributed by atoms with van der Waals surface area (Å²) >= 11 is 0. The van der Waals surface area contributed by atoms with E-state index in [1.807, 2.05) is 30.3 Å². The van der Waals surface area contributed by atoms with Crippen molar-refractivity contribution in [2.45, 2.75) is 32.9 Å². The van der Waals surface area contributed by atoms with Crippen molar-refractivity contribution in [2.24, 2.45) is 0 Å². The summed E-state index contributed by atoms with van der Waals surface area (Å²) in [5.74, 6) is 0.0750. The van der Waals surface area contributed by atoms with Crippen LogP contribution in [-0.2, 0) is 16.6 Å². The van der Waals surface area contributed by atoms with Gasteiger partial charge in [0.25, 0.3) is 0 Å². The van der Waals surface area contributed by atoms with E-state index in [-0.39, 0.29) is 5.75 Å². The topological polar surface area (TPSA) is 58.2 Å². The van der Waals surface area contributed by atoms with Crippen LogP contribution in [0.2, 0.25) is 0 Å². The molecule has 1 unspecified atom stereocenters. The van der Waals surface area contributed by atoms with E-state index in [9.17, 15) is 8.42 Å². The zero-order valence-electron chi connectivity index (χ0n) is 13.6. The molecule has 0 aromatic heterocycles. The Labute approximate surface area is 139 Å². The minimum absolute atomic E-state index is 0.0750. The van der Waals surface area contributed by atoms with Gasteiger partial charge in [-0.1, -0.05) is 49.4 Å². The molecule has 0 radical (unpaired) electrons. The summed E-state index contributed by atoms with van der Waals surface area (Å²) in [6.07, 6.45) is 1.01. The van der Waals surface area contributed by atoms with Crippen LogP contribution in [-0.4, -0.2) is 14.2 Å². The molecule has 0 aliphatic carbocycles. The highest BCUT2D eigenvalue weighted by molar-refractivity contribution is 7.92. The van der Waals surface area contributed by atoms with E-state index in [1.165, 1.54) is 5.56 Å². The summed E-state index contributed by atoms with van der Waals surface area (Å²) in [6, 6.07) is 18.2. The quantitative estimate of drug-likeness (QED) is 0.775. The van der Waals surface area contributed by atoms with Crippen LogP contribution in [0.25, 0.3) is 0 Å². The van der Waals surface area contributed by atoms with E-state index in [2.05, 4.69) is 29.1 Å². The van der Waals surface area contributed by atoms with Gasteiger partial charge in [0, 0.05) is 18.3 Å². The molecule has 124 valence electrons. The fraction of sp³-hybridized carbons (Fsp3) is 0.333. The van der Waals surface area contributed by atoms with Gasteiger partial charge in [-0.25, -0.2) is 8.42 Å². The first-order valence-corrected chi connectivity index (χ1v) is 9.57. The van der Waals surface area contributed by atoms with Gasteiger partial charge in [0.1, 0.15) is 0 Å². The molecule has 0 amide bonds. The molecule has 2 rings (SSSR count). The van der Waals surface area contributed by atoms with Crippen LogP contribution >= 0.6 is 0 Å².